The van der Waals surface area contributed by atoms with Crippen molar-refractivity contribution in [2.75, 3.05) is 0 Å². The van der Waals surface area contributed by atoms with Gasteiger partial charge in [-0.25, -0.2) is 0 Å². The first kappa shape index (κ1) is 32.9. The Labute approximate surface area is 145 Å². The van der Waals surface area contributed by atoms with Gasteiger partial charge in [-0.2, -0.15) is 0 Å². The van der Waals surface area contributed by atoms with Crippen molar-refractivity contribution in [3.8, 4) is 0 Å². The van der Waals surface area contributed by atoms with Crippen LogP contribution in [-0.2, 0) is 24.9 Å². The van der Waals surface area contributed by atoms with E-state index >= 15 is 0 Å². The first-order valence-corrected chi connectivity index (χ1v) is 5.99. The van der Waals surface area contributed by atoms with Crippen molar-refractivity contribution in [1.29, 1.82) is 0 Å². The molecule has 0 aliphatic carbocycles. The summed E-state index contributed by atoms with van der Waals surface area (Å²) in [5.74, 6) is 0.167. The summed E-state index contributed by atoms with van der Waals surface area (Å²) in [5.41, 5.74) is 4.26. The number of hydrogen-bond acceptors (Lipinski definition) is 1. The van der Waals surface area contributed by atoms with Crippen LogP contribution in [0.2, 0.25) is 0 Å². The molecule has 7 heteroatoms. The maximum Gasteiger partial charge on any atom is 0.673 e. The second-order valence-electron chi connectivity index (χ2n) is 4.52. The Balaban J connectivity index is -0.0000000582. The summed E-state index contributed by atoms with van der Waals surface area (Å²) in [6.45, 7) is 25.5. The molecule has 0 aromatic rings. The van der Waals surface area contributed by atoms with Crippen LogP contribution in [0.4, 0.5) is 17.3 Å². The third-order valence-corrected chi connectivity index (χ3v) is 1.46. The Bertz CT molecular complexity index is 316. The molecule has 0 aliphatic heterocycles. The number of ketones is 1. The van der Waals surface area contributed by atoms with Gasteiger partial charge in [0.25, 0.3) is 0 Å². The normalized spacial score (nSPS) is 8.09. The molecule has 0 saturated heterocycles. The van der Waals surface area contributed by atoms with E-state index in [9.17, 15) is 22.1 Å². The van der Waals surface area contributed by atoms with Crippen LogP contribution in [0.15, 0.2) is 48.6 Å². The summed E-state index contributed by atoms with van der Waals surface area (Å²) in [6, 6.07) is 0. The van der Waals surface area contributed by atoms with E-state index in [1.165, 1.54) is 13.8 Å². The number of allylic oxidation sites excluding steroid dienone is 4. The van der Waals surface area contributed by atoms with Crippen LogP contribution in [-0.4, -0.2) is 13.0 Å². The Morgan fingerprint density at radius 3 is 0.682 bits per heavy atom. The van der Waals surface area contributed by atoms with Gasteiger partial charge in [-0.05, 0) is 41.5 Å². The van der Waals surface area contributed by atoms with Crippen molar-refractivity contribution in [2.24, 2.45) is 0 Å². The zero-order chi connectivity index (χ0) is 18.4. The molecule has 0 amide bonds. The van der Waals surface area contributed by atoms with Gasteiger partial charge < -0.3 is 22.1 Å². The van der Waals surface area contributed by atoms with Gasteiger partial charge in [-0.1, -0.05) is 48.6 Å². The van der Waals surface area contributed by atoms with Crippen molar-refractivity contribution < 1.29 is 42.2 Å². The van der Waals surface area contributed by atoms with E-state index in [4.69, 9.17) is 0 Å². The fraction of sp³-hybridized carbons (Fsp3) is 0.400. The fourth-order valence-corrected chi connectivity index (χ4v) is 0. The van der Waals surface area contributed by atoms with Gasteiger partial charge in [0.2, 0.25) is 0 Å². The first-order valence-electron chi connectivity index (χ1n) is 5.99. The van der Waals surface area contributed by atoms with Crippen molar-refractivity contribution in [3.05, 3.63) is 48.6 Å². The molecule has 0 heterocycles. The number of Topliss-reactive ketones (excluding diaryl/α,β-unsaturated/α-hetero) is 1. The van der Waals surface area contributed by atoms with E-state index in [0.29, 0.717) is 0 Å². The Morgan fingerprint density at radius 1 is 0.636 bits per heavy atom. The van der Waals surface area contributed by atoms with Crippen molar-refractivity contribution in [3.63, 3.8) is 0 Å². The van der Waals surface area contributed by atoms with Gasteiger partial charge in [0, 0.05) is 20.1 Å². The number of carbonyl (C=O) groups excluding carboxylic acids is 1. The van der Waals surface area contributed by atoms with E-state index in [2.05, 4.69) is 26.3 Å². The Morgan fingerprint density at radius 2 is 0.682 bits per heavy atom. The van der Waals surface area contributed by atoms with Crippen molar-refractivity contribution in [2.45, 2.75) is 41.5 Å². The SMILES string of the molecule is C=C(C)C(=C)C.C=C(C)C(=C)C.CC(C)=O.F[B-](F)(F)F.[Ir]. The van der Waals surface area contributed by atoms with Crippen LogP contribution < -0.4 is 0 Å². The minimum atomic E-state index is -6.00. The average molecular weight is 501 g/mol. The summed E-state index contributed by atoms with van der Waals surface area (Å²) in [7, 11) is -6.00. The van der Waals surface area contributed by atoms with Crippen LogP contribution in [0, 0.1) is 0 Å². The van der Waals surface area contributed by atoms with Gasteiger partial charge in [-0.3, -0.25) is 0 Å². The average Bonchev–Trinajstić information content (AvgIpc) is 2.14. The molecule has 0 fully saturated rings. The zero-order valence-corrected chi connectivity index (χ0v) is 16.6. The molecule has 0 bridgehead atoms. The fourth-order valence-electron chi connectivity index (χ4n) is 0. The molecule has 0 saturated carbocycles. The molecule has 0 atom stereocenters. The molecule has 0 N–H and O–H groups in total. The van der Waals surface area contributed by atoms with Gasteiger partial charge in [0.05, 0.1) is 0 Å². The predicted octanol–water partition coefficient (Wildman–Crippen LogP) is 6.17. The maximum absolute atomic E-state index is 9.75. The maximum atomic E-state index is 9.75. The summed E-state index contributed by atoms with van der Waals surface area (Å²) < 4.78 is 39.0. The zero-order valence-electron chi connectivity index (χ0n) is 14.2. The Kier molecular flexibility index (Phi) is 27.1. The second kappa shape index (κ2) is 18.1. The van der Waals surface area contributed by atoms with Gasteiger partial charge in [0.1, 0.15) is 5.78 Å². The van der Waals surface area contributed by atoms with Crippen LogP contribution >= 0.6 is 0 Å². The van der Waals surface area contributed by atoms with E-state index in [1.54, 1.807) is 0 Å². The molecular formula is C15H26BF4IrO-. The van der Waals surface area contributed by atoms with Crippen molar-refractivity contribution in [1.82, 2.24) is 0 Å². The summed E-state index contributed by atoms with van der Waals surface area (Å²) in [6.07, 6.45) is 0. The summed E-state index contributed by atoms with van der Waals surface area (Å²) in [5, 5.41) is 0. The molecular weight excluding hydrogens is 475 g/mol. The summed E-state index contributed by atoms with van der Waals surface area (Å²) in [4.78, 5) is 9.44. The van der Waals surface area contributed by atoms with Crippen LogP contribution in [0.5, 0.6) is 0 Å². The second-order valence-corrected chi connectivity index (χ2v) is 4.52. The van der Waals surface area contributed by atoms with Gasteiger partial charge in [0.15, 0.2) is 0 Å². The third-order valence-electron chi connectivity index (χ3n) is 1.46. The third kappa shape index (κ3) is 125. The van der Waals surface area contributed by atoms with Crippen molar-refractivity contribution >= 4 is 13.0 Å². The van der Waals surface area contributed by atoms with E-state index in [-0.39, 0.29) is 25.9 Å². The molecule has 0 spiro atoms. The standard InChI is InChI=1S/2C6H10.C3H6O.BF4.Ir/c2*1-5(2)6(3)4;1-3(2)4;2-1(3,4)5;/h2*1,3H2,2,4H3;1-2H3;;/q;;;-1;. The largest absolute Gasteiger partial charge is 0.673 e. The molecule has 22 heavy (non-hydrogen) atoms. The molecule has 0 aliphatic rings. The van der Waals surface area contributed by atoms with E-state index in [0.717, 1.165) is 22.3 Å². The van der Waals surface area contributed by atoms with E-state index in [1.807, 2.05) is 27.7 Å². The number of halogens is 4. The number of rotatable bonds is 2. The predicted molar refractivity (Wildman–Crippen MR) is 85.8 cm³/mol. The molecule has 133 valence electrons. The van der Waals surface area contributed by atoms with Crippen LogP contribution in [0.1, 0.15) is 41.5 Å². The molecule has 0 aromatic carbocycles. The molecule has 0 rings (SSSR count). The summed E-state index contributed by atoms with van der Waals surface area (Å²) >= 11 is 0. The quantitative estimate of drug-likeness (QED) is 0.251. The topological polar surface area (TPSA) is 17.1 Å². The number of carbonyl (C=O) groups is 1. The minimum Gasteiger partial charge on any atom is -0.418 e. The number of hydrogen-bond donors (Lipinski definition) is 0. The molecule has 1 nitrogen and oxygen atoms in total. The van der Waals surface area contributed by atoms with Gasteiger partial charge >= 0.3 is 7.25 Å². The molecule has 1 radical (unpaired) electrons. The smallest absolute Gasteiger partial charge is 0.418 e. The minimum absolute atomic E-state index is 0. The first-order chi connectivity index (χ1) is 9.02. The van der Waals surface area contributed by atoms with E-state index < -0.39 is 7.25 Å². The van der Waals surface area contributed by atoms with Gasteiger partial charge in [-0.15, -0.1) is 0 Å². The molecule has 0 unspecified atom stereocenters. The Hall–Kier alpha value is -0.936. The van der Waals surface area contributed by atoms with Crippen LogP contribution in [0.3, 0.4) is 0 Å². The monoisotopic (exact) mass is 502 g/mol. The van der Waals surface area contributed by atoms with Crippen LogP contribution in [0.25, 0.3) is 0 Å². The molecule has 0 aromatic heterocycles.